The second kappa shape index (κ2) is 7.42. The number of rotatable bonds is 8. The van der Waals surface area contributed by atoms with Crippen molar-refractivity contribution in [2.24, 2.45) is 0 Å². The summed E-state index contributed by atoms with van der Waals surface area (Å²) in [7, 11) is 0. The molecule has 0 aliphatic heterocycles. The first-order valence-electron chi connectivity index (χ1n) is 8.77. The zero-order chi connectivity index (χ0) is 20.4. The molecule has 0 spiro atoms. The normalized spacial score (nSPS) is 11.0. The Morgan fingerprint density at radius 2 is 1.24 bits per heavy atom. The second-order valence-electron chi connectivity index (χ2n) is 6.15. The molecule has 0 atom stereocenters. The van der Waals surface area contributed by atoms with Gasteiger partial charge >= 0.3 is 11.6 Å². The van der Waals surface area contributed by atoms with Crippen LogP contribution in [0.25, 0.3) is 11.3 Å². The minimum absolute atomic E-state index is 0.135. The van der Waals surface area contributed by atoms with E-state index in [1.807, 2.05) is 0 Å². The van der Waals surface area contributed by atoms with Gasteiger partial charge in [0.05, 0.1) is 12.4 Å². The number of nitro groups is 2. The quantitative estimate of drug-likeness (QED) is 0.263. The Labute approximate surface area is 163 Å². The van der Waals surface area contributed by atoms with Crippen molar-refractivity contribution >= 4 is 34.6 Å². The zero-order valence-electron chi connectivity index (χ0n) is 15.1. The third kappa shape index (κ3) is 3.38. The van der Waals surface area contributed by atoms with Crippen LogP contribution in [0.5, 0.6) is 0 Å². The topological polar surface area (TPSA) is 145 Å². The summed E-state index contributed by atoms with van der Waals surface area (Å²) in [5, 5.41) is 28.7. The van der Waals surface area contributed by atoms with Crippen molar-refractivity contribution in [1.29, 1.82) is 0 Å². The van der Waals surface area contributed by atoms with E-state index in [0.717, 1.165) is 0 Å². The van der Waals surface area contributed by atoms with Crippen molar-refractivity contribution in [1.82, 2.24) is 18.8 Å². The summed E-state index contributed by atoms with van der Waals surface area (Å²) in [6, 6.07) is 10.3. The van der Waals surface area contributed by atoms with Gasteiger partial charge in [0.1, 0.15) is 0 Å². The molecule has 0 saturated heterocycles. The Bertz CT molecular complexity index is 1120. The first-order valence-corrected chi connectivity index (χ1v) is 8.77. The van der Waals surface area contributed by atoms with Crippen molar-refractivity contribution in [3.63, 3.8) is 0 Å². The molecule has 2 N–H and O–H groups in total. The average Bonchev–Trinajstić information content (AvgIpc) is 3.25. The number of imidazole rings is 2. The summed E-state index contributed by atoms with van der Waals surface area (Å²) < 4.78 is 2.81. The van der Waals surface area contributed by atoms with E-state index in [4.69, 9.17) is 0 Å². The Morgan fingerprint density at radius 1 is 0.793 bits per heavy atom. The standard InChI is InChI=1S/C17H16N8O4/c26-24(27)16-14(20-12-6-1-3-10-22(12)16)18-8-5-9-19-15-17(25(28)29)23-11-4-2-7-13(23)21-15/h1-4,6-7,10-11,18-19H,5,8-9H2. The number of aromatic nitrogens is 4. The van der Waals surface area contributed by atoms with Gasteiger partial charge in [-0.3, -0.25) is 0 Å². The number of pyridine rings is 2. The maximum atomic E-state index is 11.4. The van der Waals surface area contributed by atoms with Crippen LogP contribution in [-0.2, 0) is 0 Å². The number of fused-ring (bicyclic) bond motifs is 2. The zero-order valence-corrected chi connectivity index (χ0v) is 15.1. The Balaban J connectivity index is 1.41. The summed E-state index contributed by atoms with van der Waals surface area (Å²) in [4.78, 5) is 30.3. The van der Waals surface area contributed by atoms with Crippen LogP contribution in [0.15, 0.2) is 48.8 Å². The van der Waals surface area contributed by atoms with E-state index in [1.165, 1.54) is 8.80 Å². The Hall–Kier alpha value is -4.22. The summed E-state index contributed by atoms with van der Waals surface area (Å²) >= 11 is 0. The van der Waals surface area contributed by atoms with Gasteiger partial charge in [-0.25, -0.2) is 0 Å². The summed E-state index contributed by atoms with van der Waals surface area (Å²) in [5.74, 6) is 0.0916. The molecule has 12 nitrogen and oxygen atoms in total. The molecule has 0 unspecified atom stereocenters. The third-order valence-corrected chi connectivity index (χ3v) is 4.29. The molecule has 0 radical (unpaired) electrons. The first kappa shape index (κ1) is 18.2. The monoisotopic (exact) mass is 396 g/mol. The second-order valence-corrected chi connectivity index (χ2v) is 6.15. The van der Waals surface area contributed by atoms with E-state index in [1.54, 1.807) is 48.8 Å². The van der Waals surface area contributed by atoms with Gasteiger partial charge in [-0.05, 0) is 28.4 Å². The van der Waals surface area contributed by atoms with E-state index < -0.39 is 9.85 Å². The number of nitrogens with one attached hydrogen (secondary N) is 2. The molecular weight excluding hydrogens is 380 g/mol. The molecule has 0 bridgehead atoms. The smallest absolute Gasteiger partial charge is 0.363 e. The van der Waals surface area contributed by atoms with E-state index in [2.05, 4.69) is 20.6 Å². The van der Waals surface area contributed by atoms with Gasteiger partial charge < -0.3 is 30.9 Å². The first-order chi connectivity index (χ1) is 14.1. The van der Waals surface area contributed by atoms with Crippen LogP contribution in [0.3, 0.4) is 0 Å². The summed E-state index contributed by atoms with van der Waals surface area (Å²) in [6.07, 6.45) is 3.70. The van der Waals surface area contributed by atoms with Gasteiger partial charge in [0, 0.05) is 25.2 Å². The molecule has 4 aromatic rings. The minimum Gasteiger partial charge on any atom is -0.363 e. The summed E-state index contributed by atoms with van der Waals surface area (Å²) in [6.45, 7) is 0.776. The number of anilines is 2. The van der Waals surface area contributed by atoms with Crippen molar-refractivity contribution in [2.45, 2.75) is 6.42 Å². The predicted molar refractivity (Wildman–Crippen MR) is 105 cm³/mol. The lowest BCUT2D eigenvalue weighted by Crippen LogP contribution is -2.11. The molecule has 4 heterocycles. The van der Waals surface area contributed by atoms with Gasteiger partial charge in [-0.2, -0.15) is 18.8 Å². The van der Waals surface area contributed by atoms with Gasteiger partial charge in [-0.15, -0.1) is 0 Å². The van der Waals surface area contributed by atoms with Crippen molar-refractivity contribution in [2.75, 3.05) is 23.7 Å². The molecule has 4 rings (SSSR count). The number of nitrogens with zero attached hydrogens (tertiary/aromatic N) is 6. The average molecular weight is 396 g/mol. The van der Waals surface area contributed by atoms with Crippen LogP contribution in [0.1, 0.15) is 6.42 Å². The van der Waals surface area contributed by atoms with Crippen LogP contribution < -0.4 is 10.6 Å². The molecule has 12 heteroatoms. The fourth-order valence-electron chi connectivity index (χ4n) is 3.05. The van der Waals surface area contributed by atoms with Crippen LogP contribution in [0.4, 0.5) is 23.3 Å². The molecule has 0 saturated carbocycles. The highest BCUT2D eigenvalue weighted by Gasteiger charge is 2.23. The van der Waals surface area contributed by atoms with Crippen LogP contribution in [0.2, 0.25) is 0 Å². The lowest BCUT2D eigenvalue weighted by Gasteiger charge is -2.05. The summed E-state index contributed by atoms with van der Waals surface area (Å²) in [5.41, 5.74) is 0.945. The Morgan fingerprint density at radius 3 is 1.66 bits per heavy atom. The molecule has 148 valence electrons. The lowest BCUT2D eigenvalue weighted by atomic mass is 10.4. The lowest BCUT2D eigenvalue weighted by molar-refractivity contribution is -0.389. The molecule has 0 aromatic carbocycles. The van der Waals surface area contributed by atoms with Crippen molar-refractivity contribution < 1.29 is 9.85 Å². The SMILES string of the molecule is O=[N+]([O-])c1c(NCCCNc2nc3ccccn3c2[N+](=O)[O-])nc2ccccn12. The molecular formula is C17H16N8O4. The molecule has 0 aliphatic carbocycles. The van der Waals surface area contributed by atoms with E-state index >= 15 is 0 Å². The van der Waals surface area contributed by atoms with Crippen molar-refractivity contribution in [3.8, 4) is 0 Å². The van der Waals surface area contributed by atoms with Crippen LogP contribution >= 0.6 is 0 Å². The molecule has 0 aliphatic rings. The molecule has 0 fully saturated rings. The van der Waals surface area contributed by atoms with Crippen LogP contribution in [-0.4, -0.2) is 41.7 Å². The van der Waals surface area contributed by atoms with Gasteiger partial charge in [0.25, 0.3) is 0 Å². The highest BCUT2D eigenvalue weighted by molar-refractivity contribution is 5.63. The molecule has 4 aromatic heterocycles. The van der Waals surface area contributed by atoms with Crippen LogP contribution in [0, 0.1) is 20.2 Å². The Kier molecular flexibility index (Phi) is 4.65. The predicted octanol–water partition coefficient (Wildman–Crippen LogP) is 2.71. The molecule has 0 amide bonds. The van der Waals surface area contributed by atoms with E-state index in [-0.39, 0.29) is 23.3 Å². The van der Waals surface area contributed by atoms with E-state index in [0.29, 0.717) is 30.8 Å². The largest absolute Gasteiger partial charge is 0.372 e. The molecule has 29 heavy (non-hydrogen) atoms. The number of hydrogen-bond acceptors (Lipinski definition) is 8. The number of hydrogen-bond donors (Lipinski definition) is 2. The fourth-order valence-corrected chi connectivity index (χ4v) is 3.05. The van der Waals surface area contributed by atoms with Gasteiger partial charge in [-0.1, -0.05) is 12.1 Å². The maximum absolute atomic E-state index is 11.4. The third-order valence-electron chi connectivity index (χ3n) is 4.29. The highest BCUT2D eigenvalue weighted by Crippen LogP contribution is 2.26. The minimum atomic E-state index is -0.486. The van der Waals surface area contributed by atoms with Gasteiger partial charge in [0.15, 0.2) is 0 Å². The van der Waals surface area contributed by atoms with Gasteiger partial charge in [0.2, 0.25) is 22.9 Å². The fraction of sp³-hybridized carbons (Fsp3) is 0.176. The van der Waals surface area contributed by atoms with E-state index in [9.17, 15) is 20.2 Å². The van der Waals surface area contributed by atoms with Crippen molar-refractivity contribution in [3.05, 3.63) is 69.0 Å². The highest BCUT2D eigenvalue weighted by atomic mass is 16.6. The maximum Gasteiger partial charge on any atom is 0.372 e.